The first-order valence-corrected chi connectivity index (χ1v) is 8.06. The van der Waals surface area contributed by atoms with Gasteiger partial charge in [0.05, 0.1) is 12.2 Å². The molecule has 0 bridgehead atoms. The maximum absolute atomic E-state index is 10.5. The Morgan fingerprint density at radius 2 is 1.91 bits per heavy atom. The minimum absolute atomic E-state index is 0.312. The first kappa shape index (κ1) is 18.8. The fourth-order valence-electron chi connectivity index (χ4n) is 2.99. The van der Waals surface area contributed by atoms with E-state index in [9.17, 15) is 25.5 Å². The fraction of sp³-hybridized carbons (Fsp3) is 0.875. The molecule has 0 aromatic rings. The number of aliphatic hydroxyl groups is 5. The molecule has 134 valence electrons. The number of ether oxygens (including phenoxy) is 2. The second-order valence-corrected chi connectivity index (χ2v) is 7.01. The van der Waals surface area contributed by atoms with Gasteiger partial charge in [-0.25, -0.2) is 0 Å². The zero-order valence-electron chi connectivity index (χ0n) is 13.8. The second kappa shape index (κ2) is 7.14. The van der Waals surface area contributed by atoms with Gasteiger partial charge in [0.25, 0.3) is 0 Å². The molecule has 0 saturated carbocycles. The molecule has 0 aromatic carbocycles. The highest BCUT2D eigenvalue weighted by Crippen LogP contribution is 2.34. The van der Waals surface area contributed by atoms with Crippen LogP contribution in [0.2, 0.25) is 0 Å². The van der Waals surface area contributed by atoms with Crippen LogP contribution in [0.4, 0.5) is 0 Å². The third-order valence-corrected chi connectivity index (χ3v) is 4.77. The lowest BCUT2D eigenvalue weighted by molar-refractivity contribution is -0.318. The van der Waals surface area contributed by atoms with Crippen LogP contribution in [-0.4, -0.2) is 74.6 Å². The number of allylic oxidation sites excluding steroid dienone is 1. The van der Waals surface area contributed by atoms with E-state index in [2.05, 4.69) is 13.8 Å². The van der Waals surface area contributed by atoms with Gasteiger partial charge in [-0.1, -0.05) is 25.5 Å². The van der Waals surface area contributed by atoms with Gasteiger partial charge in [0.2, 0.25) is 0 Å². The van der Waals surface area contributed by atoms with Gasteiger partial charge < -0.3 is 35.0 Å². The monoisotopic (exact) mass is 332 g/mol. The van der Waals surface area contributed by atoms with Crippen molar-refractivity contribution in [3.05, 3.63) is 11.6 Å². The predicted octanol–water partition coefficient (Wildman–Crippen LogP) is -0.701. The third-order valence-electron chi connectivity index (χ3n) is 4.77. The fourth-order valence-corrected chi connectivity index (χ4v) is 2.99. The molecule has 7 atom stereocenters. The van der Waals surface area contributed by atoms with Gasteiger partial charge in [-0.2, -0.15) is 0 Å². The van der Waals surface area contributed by atoms with Crippen molar-refractivity contribution in [1.29, 1.82) is 0 Å². The Kier molecular flexibility index (Phi) is 5.84. The van der Waals surface area contributed by atoms with Crippen molar-refractivity contribution >= 4 is 0 Å². The summed E-state index contributed by atoms with van der Waals surface area (Å²) in [5.41, 5.74) is 0.0168. The number of hydrogen-bond acceptors (Lipinski definition) is 7. The van der Waals surface area contributed by atoms with Crippen molar-refractivity contribution in [2.75, 3.05) is 6.61 Å². The van der Waals surface area contributed by atoms with Crippen LogP contribution in [0.5, 0.6) is 0 Å². The van der Waals surface area contributed by atoms with Crippen molar-refractivity contribution in [1.82, 2.24) is 0 Å². The quantitative estimate of drug-likeness (QED) is 0.432. The average molecular weight is 332 g/mol. The van der Waals surface area contributed by atoms with Crippen LogP contribution in [0.3, 0.4) is 0 Å². The molecule has 2 aliphatic rings. The summed E-state index contributed by atoms with van der Waals surface area (Å²) in [6.45, 7) is 5.24. The van der Waals surface area contributed by atoms with E-state index in [1.807, 2.05) is 6.08 Å². The Balaban J connectivity index is 2.16. The van der Waals surface area contributed by atoms with E-state index in [4.69, 9.17) is 9.47 Å². The minimum atomic E-state index is -1.49. The molecule has 7 nitrogen and oxygen atoms in total. The molecule has 1 aliphatic carbocycles. The van der Waals surface area contributed by atoms with E-state index >= 15 is 0 Å². The van der Waals surface area contributed by atoms with E-state index in [1.165, 1.54) is 0 Å². The molecule has 1 saturated heterocycles. The molecule has 1 aliphatic heterocycles. The lowest BCUT2D eigenvalue weighted by Crippen LogP contribution is -2.60. The zero-order chi connectivity index (χ0) is 17.4. The molecule has 1 heterocycles. The second-order valence-electron chi connectivity index (χ2n) is 7.01. The molecule has 5 N–H and O–H groups in total. The smallest absolute Gasteiger partial charge is 0.187 e. The Morgan fingerprint density at radius 3 is 2.48 bits per heavy atom. The summed E-state index contributed by atoms with van der Waals surface area (Å²) in [5, 5.41) is 49.4. The van der Waals surface area contributed by atoms with E-state index in [1.54, 1.807) is 6.92 Å². The number of aliphatic hydroxyl groups excluding tert-OH is 4. The lowest BCUT2D eigenvalue weighted by atomic mass is 9.81. The standard InChI is InChI=1S/C16H28O7/c1-8(2)9-4-5-16(3,21)11(6-9)23-15-14(20)13(19)12(18)10(7-17)22-15/h6,8,10-15,17-21H,4-5,7H2,1-3H3/t10-,11+,12-,13-,14-,15+,16+/m1/s1. The van der Waals surface area contributed by atoms with Crippen LogP contribution in [0.1, 0.15) is 33.6 Å². The molecule has 0 aromatic heterocycles. The summed E-state index contributed by atoms with van der Waals surface area (Å²) in [6, 6.07) is 0. The molecular formula is C16H28O7. The van der Waals surface area contributed by atoms with E-state index in [0.29, 0.717) is 12.3 Å². The number of hydrogen-bond donors (Lipinski definition) is 5. The van der Waals surface area contributed by atoms with Gasteiger partial charge in [0.15, 0.2) is 6.29 Å². The highest BCUT2D eigenvalue weighted by atomic mass is 16.7. The Morgan fingerprint density at radius 1 is 1.26 bits per heavy atom. The van der Waals surface area contributed by atoms with Crippen LogP contribution in [-0.2, 0) is 9.47 Å². The topological polar surface area (TPSA) is 120 Å². The maximum Gasteiger partial charge on any atom is 0.187 e. The summed E-state index contributed by atoms with van der Waals surface area (Å²) in [7, 11) is 0. The first-order chi connectivity index (χ1) is 10.7. The van der Waals surface area contributed by atoms with Crippen LogP contribution in [0.15, 0.2) is 11.6 Å². The Labute approximate surface area is 136 Å². The highest BCUT2D eigenvalue weighted by Gasteiger charge is 2.47. The summed E-state index contributed by atoms with van der Waals surface area (Å²) in [4.78, 5) is 0. The van der Waals surface area contributed by atoms with Crippen molar-refractivity contribution in [3.63, 3.8) is 0 Å². The Hall–Kier alpha value is -0.540. The van der Waals surface area contributed by atoms with Gasteiger partial charge in [-0.15, -0.1) is 0 Å². The van der Waals surface area contributed by atoms with Gasteiger partial charge >= 0.3 is 0 Å². The molecule has 7 heteroatoms. The first-order valence-electron chi connectivity index (χ1n) is 8.06. The molecule has 0 radical (unpaired) electrons. The molecule has 2 rings (SSSR count). The van der Waals surface area contributed by atoms with Crippen LogP contribution >= 0.6 is 0 Å². The van der Waals surface area contributed by atoms with Gasteiger partial charge in [-0.3, -0.25) is 0 Å². The van der Waals surface area contributed by atoms with Crippen molar-refractivity contribution < 1.29 is 35.0 Å². The van der Waals surface area contributed by atoms with Crippen LogP contribution < -0.4 is 0 Å². The van der Waals surface area contributed by atoms with E-state index < -0.39 is 49.0 Å². The minimum Gasteiger partial charge on any atom is -0.394 e. The molecule has 0 unspecified atom stereocenters. The largest absolute Gasteiger partial charge is 0.394 e. The molecule has 1 fully saturated rings. The van der Waals surface area contributed by atoms with Gasteiger partial charge in [0, 0.05) is 0 Å². The lowest BCUT2D eigenvalue weighted by Gasteiger charge is -2.44. The molecular weight excluding hydrogens is 304 g/mol. The zero-order valence-corrected chi connectivity index (χ0v) is 13.8. The van der Waals surface area contributed by atoms with Crippen molar-refractivity contribution in [2.24, 2.45) is 5.92 Å². The van der Waals surface area contributed by atoms with Crippen LogP contribution in [0.25, 0.3) is 0 Å². The van der Waals surface area contributed by atoms with Gasteiger partial charge in [-0.05, 0) is 25.7 Å². The Bertz CT molecular complexity index is 432. The van der Waals surface area contributed by atoms with Gasteiger partial charge in [0.1, 0.15) is 30.5 Å². The molecule has 0 amide bonds. The van der Waals surface area contributed by atoms with E-state index in [0.717, 1.165) is 12.0 Å². The van der Waals surface area contributed by atoms with E-state index in [-0.39, 0.29) is 0 Å². The predicted molar refractivity (Wildman–Crippen MR) is 81.4 cm³/mol. The summed E-state index contributed by atoms with van der Waals surface area (Å²) in [6.07, 6.45) is -4.27. The van der Waals surface area contributed by atoms with Crippen molar-refractivity contribution in [3.8, 4) is 0 Å². The highest BCUT2D eigenvalue weighted by molar-refractivity contribution is 5.17. The normalized spacial score (nSPS) is 45.2. The molecule has 23 heavy (non-hydrogen) atoms. The summed E-state index contributed by atoms with van der Waals surface area (Å²) >= 11 is 0. The van der Waals surface area contributed by atoms with Crippen molar-refractivity contribution in [2.45, 2.75) is 76.0 Å². The third kappa shape index (κ3) is 3.93. The SMILES string of the molecule is CC(C)C1=C[C@H](O[C@@H]2O[C@H](CO)[C@@H](O)[C@@H](O)[C@H]2O)[C@@](C)(O)CC1. The summed E-state index contributed by atoms with van der Waals surface area (Å²) in [5.74, 6) is 0.312. The maximum atomic E-state index is 10.5. The van der Waals surface area contributed by atoms with Crippen LogP contribution in [0, 0.1) is 5.92 Å². The average Bonchev–Trinajstić information content (AvgIpc) is 2.49. The molecule has 0 spiro atoms. The summed E-state index contributed by atoms with van der Waals surface area (Å²) < 4.78 is 11.1. The number of rotatable bonds is 4.